The van der Waals surface area contributed by atoms with Gasteiger partial charge in [0.05, 0.1) is 10.0 Å². The zero-order valence-corrected chi connectivity index (χ0v) is 13.1. The zero-order chi connectivity index (χ0) is 13.7. The summed E-state index contributed by atoms with van der Waals surface area (Å²) in [5, 5.41) is 4.91. The molecule has 0 fully saturated rings. The van der Waals surface area contributed by atoms with Crippen molar-refractivity contribution in [1.29, 1.82) is 0 Å². The molecular weight excluding hydrogens is 265 g/mol. The molecule has 0 aromatic heterocycles. The molecule has 0 aliphatic heterocycles. The third-order valence-electron chi connectivity index (χ3n) is 3.51. The monoisotopic (exact) mass is 287 g/mol. The summed E-state index contributed by atoms with van der Waals surface area (Å²) in [6.07, 6.45) is 1.11. The van der Waals surface area contributed by atoms with E-state index in [2.05, 4.69) is 39.1 Å². The van der Waals surface area contributed by atoms with Gasteiger partial charge in [0.25, 0.3) is 0 Å². The Morgan fingerprint density at radius 1 is 1.17 bits per heavy atom. The lowest BCUT2D eigenvalue weighted by Crippen LogP contribution is -2.30. The molecule has 2 unspecified atom stereocenters. The predicted molar refractivity (Wildman–Crippen MR) is 81.5 cm³/mol. The second-order valence-corrected chi connectivity index (χ2v) is 5.96. The zero-order valence-electron chi connectivity index (χ0n) is 11.6. The highest BCUT2D eigenvalue weighted by Gasteiger charge is 2.23. The van der Waals surface area contributed by atoms with E-state index in [0.717, 1.165) is 18.5 Å². The summed E-state index contributed by atoms with van der Waals surface area (Å²) in [6, 6.07) is 6.14. The molecule has 0 saturated carbocycles. The van der Waals surface area contributed by atoms with Crippen LogP contribution in [-0.2, 0) is 0 Å². The molecule has 0 aliphatic rings. The first kappa shape index (κ1) is 15.8. The van der Waals surface area contributed by atoms with Gasteiger partial charge < -0.3 is 5.32 Å². The van der Waals surface area contributed by atoms with Gasteiger partial charge in [0.1, 0.15) is 0 Å². The van der Waals surface area contributed by atoms with Gasteiger partial charge in [0.2, 0.25) is 0 Å². The molecule has 18 heavy (non-hydrogen) atoms. The van der Waals surface area contributed by atoms with Gasteiger partial charge in [-0.05, 0) is 36.4 Å². The molecule has 0 spiro atoms. The van der Waals surface area contributed by atoms with Crippen molar-refractivity contribution < 1.29 is 0 Å². The first-order chi connectivity index (χ1) is 8.49. The summed E-state index contributed by atoms with van der Waals surface area (Å²) in [5.74, 6) is 1.10. The summed E-state index contributed by atoms with van der Waals surface area (Å²) in [6.45, 7) is 9.90. The molecule has 2 atom stereocenters. The van der Waals surface area contributed by atoms with E-state index < -0.39 is 0 Å². The maximum Gasteiger partial charge on any atom is 0.0640 e. The van der Waals surface area contributed by atoms with Crippen molar-refractivity contribution in [2.75, 3.05) is 6.54 Å². The summed E-state index contributed by atoms with van der Waals surface area (Å²) in [5.41, 5.74) is 1.11. The Labute approximate surface area is 121 Å². The third kappa shape index (κ3) is 3.88. The number of rotatable bonds is 6. The highest BCUT2D eigenvalue weighted by Crippen LogP contribution is 2.35. The molecule has 102 valence electrons. The second-order valence-electron chi connectivity index (χ2n) is 5.18. The molecule has 0 radical (unpaired) electrons. The minimum Gasteiger partial charge on any atom is -0.310 e. The van der Waals surface area contributed by atoms with Crippen LogP contribution in [0.2, 0.25) is 10.0 Å². The summed E-state index contributed by atoms with van der Waals surface area (Å²) in [4.78, 5) is 0. The number of halogens is 2. The van der Waals surface area contributed by atoms with Crippen LogP contribution in [0.3, 0.4) is 0 Å². The van der Waals surface area contributed by atoms with Gasteiger partial charge in [-0.1, -0.05) is 63.0 Å². The van der Waals surface area contributed by atoms with Crippen molar-refractivity contribution in [1.82, 2.24) is 5.32 Å². The topological polar surface area (TPSA) is 12.0 Å². The molecule has 0 heterocycles. The Bertz CT molecular complexity index is 377. The number of nitrogens with one attached hydrogen (secondary N) is 1. The lowest BCUT2D eigenvalue weighted by atomic mass is 9.86. The molecule has 0 amide bonds. The fourth-order valence-corrected chi connectivity index (χ4v) is 2.45. The van der Waals surface area contributed by atoms with Gasteiger partial charge in [-0.2, -0.15) is 0 Å². The maximum absolute atomic E-state index is 6.34. The van der Waals surface area contributed by atoms with E-state index in [1.54, 1.807) is 0 Å². The van der Waals surface area contributed by atoms with Gasteiger partial charge in [0, 0.05) is 6.04 Å². The number of benzene rings is 1. The molecule has 0 aliphatic carbocycles. The van der Waals surface area contributed by atoms with E-state index >= 15 is 0 Å². The van der Waals surface area contributed by atoms with Gasteiger partial charge in [-0.25, -0.2) is 0 Å². The normalized spacial score (nSPS) is 14.8. The Balaban J connectivity index is 3.04. The fraction of sp³-hybridized carbons (Fsp3) is 0.600. The molecule has 0 saturated heterocycles. The van der Waals surface area contributed by atoms with Gasteiger partial charge in [-0.15, -0.1) is 0 Å². The van der Waals surface area contributed by atoms with E-state index in [1.807, 2.05) is 12.1 Å². The maximum atomic E-state index is 6.34. The van der Waals surface area contributed by atoms with Gasteiger partial charge >= 0.3 is 0 Å². The highest BCUT2D eigenvalue weighted by molar-refractivity contribution is 6.42. The summed E-state index contributed by atoms with van der Waals surface area (Å²) >= 11 is 12.5. The van der Waals surface area contributed by atoms with Crippen molar-refractivity contribution >= 4 is 23.2 Å². The van der Waals surface area contributed by atoms with Crippen LogP contribution in [0.1, 0.15) is 45.7 Å². The van der Waals surface area contributed by atoms with Crippen molar-refractivity contribution in [3.8, 4) is 0 Å². The quantitative estimate of drug-likeness (QED) is 0.746. The van der Waals surface area contributed by atoms with E-state index in [-0.39, 0.29) is 6.04 Å². The number of hydrogen-bond acceptors (Lipinski definition) is 1. The molecule has 1 rings (SSSR count). The lowest BCUT2D eigenvalue weighted by Gasteiger charge is -2.29. The minimum atomic E-state index is 0.260. The highest BCUT2D eigenvalue weighted by atomic mass is 35.5. The molecule has 1 aromatic carbocycles. The van der Waals surface area contributed by atoms with Gasteiger partial charge in [0.15, 0.2) is 0 Å². The third-order valence-corrected chi connectivity index (χ3v) is 4.34. The van der Waals surface area contributed by atoms with Crippen LogP contribution in [0.15, 0.2) is 18.2 Å². The molecule has 1 nitrogen and oxygen atoms in total. The smallest absolute Gasteiger partial charge is 0.0640 e. The Morgan fingerprint density at radius 3 is 2.39 bits per heavy atom. The fourth-order valence-electron chi connectivity index (χ4n) is 2.02. The van der Waals surface area contributed by atoms with Crippen LogP contribution in [0.4, 0.5) is 0 Å². The van der Waals surface area contributed by atoms with E-state index in [4.69, 9.17) is 23.2 Å². The minimum absolute atomic E-state index is 0.260. The van der Waals surface area contributed by atoms with E-state index in [9.17, 15) is 0 Å². The lowest BCUT2D eigenvalue weighted by molar-refractivity contribution is 0.304. The second kappa shape index (κ2) is 7.37. The Kier molecular flexibility index (Phi) is 6.48. The molecular formula is C15H23Cl2N. The van der Waals surface area contributed by atoms with E-state index in [1.165, 1.54) is 0 Å². The van der Waals surface area contributed by atoms with Crippen LogP contribution in [0.5, 0.6) is 0 Å². The van der Waals surface area contributed by atoms with Crippen LogP contribution in [0.25, 0.3) is 0 Å². The van der Waals surface area contributed by atoms with Crippen LogP contribution in [0, 0.1) is 11.8 Å². The first-order valence-electron chi connectivity index (χ1n) is 6.66. The molecule has 1 aromatic rings. The average molecular weight is 288 g/mol. The Morgan fingerprint density at radius 2 is 1.83 bits per heavy atom. The molecule has 3 heteroatoms. The van der Waals surface area contributed by atoms with Crippen molar-refractivity contribution in [2.45, 2.75) is 40.2 Å². The summed E-state index contributed by atoms with van der Waals surface area (Å²) in [7, 11) is 0. The predicted octanol–water partition coefficient (Wildman–Crippen LogP) is 5.33. The van der Waals surface area contributed by atoms with Crippen molar-refractivity contribution in [3.05, 3.63) is 33.8 Å². The molecule has 1 N–H and O–H groups in total. The van der Waals surface area contributed by atoms with Crippen molar-refractivity contribution in [3.63, 3.8) is 0 Å². The SMILES string of the molecule is CCCNC(c1cccc(Cl)c1Cl)C(C)C(C)C. The average Bonchev–Trinajstić information content (AvgIpc) is 2.34. The molecule has 0 bridgehead atoms. The summed E-state index contributed by atoms with van der Waals surface area (Å²) < 4.78 is 0. The Hall–Kier alpha value is -0.240. The van der Waals surface area contributed by atoms with Crippen molar-refractivity contribution in [2.24, 2.45) is 11.8 Å². The van der Waals surface area contributed by atoms with Crippen LogP contribution < -0.4 is 5.32 Å². The standard InChI is InChI=1S/C15H23Cl2N/c1-5-9-18-15(11(4)10(2)3)12-7-6-8-13(16)14(12)17/h6-8,10-11,15,18H,5,9H2,1-4H3. The largest absolute Gasteiger partial charge is 0.310 e. The van der Waals surface area contributed by atoms with Gasteiger partial charge in [-0.3, -0.25) is 0 Å². The van der Waals surface area contributed by atoms with Crippen LogP contribution >= 0.6 is 23.2 Å². The van der Waals surface area contributed by atoms with Crippen LogP contribution in [-0.4, -0.2) is 6.54 Å². The van der Waals surface area contributed by atoms with E-state index in [0.29, 0.717) is 21.9 Å². The first-order valence-corrected chi connectivity index (χ1v) is 7.41. The number of hydrogen-bond donors (Lipinski definition) is 1.